The van der Waals surface area contributed by atoms with E-state index in [0.717, 1.165) is 6.42 Å². The van der Waals surface area contributed by atoms with Crippen molar-refractivity contribution in [1.29, 1.82) is 0 Å². The predicted molar refractivity (Wildman–Crippen MR) is 102 cm³/mol. The summed E-state index contributed by atoms with van der Waals surface area (Å²) in [4.78, 5) is 39.9. The summed E-state index contributed by atoms with van der Waals surface area (Å²) in [6.07, 6.45) is 9.51. The topological polar surface area (TPSA) is 73.0 Å². The predicted octanol–water partition coefficient (Wildman–Crippen LogP) is 1.31. The highest BCUT2D eigenvalue weighted by molar-refractivity contribution is 5.87. The normalized spacial score (nSPS) is 24.8. The maximum atomic E-state index is 12.5. The van der Waals surface area contributed by atoms with E-state index in [-0.39, 0.29) is 17.7 Å². The van der Waals surface area contributed by atoms with Crippen LogP contribution in [0.5, 0.6) is 0 Å². The molecule has 0 aromatic rings. The van der Waals surface area contributed by atoms with Gasteiger partial charge in [0.2, 0.25) is 17.7 Å². The third-order valence-electron chi connectivity index (χ3n) is 6.18. The molecule has 1 unspecified atom stereocenters. The van der Waals surface area contributed by atoms with Crippen molar-refractivity contribution in [3.05, 3.63) is 12.7 Å². The van der Waals surface area contributed by atoms with Crippen LogP contribution in [0.4, 0.5) is 0 Å². The van der Waals surface area contributed by atoms with Gasteiger partial charge in [-0.2, -0.15) is 0 Å². The molecule has 0 radical (unpaired) electrons. The molecule has 2 heterocycles. The van der Waals surface area contributed by atoms with Crippen LogP contribution < -0.4 is 5.43 Å². The molecule has 1 aliphatic carbocycles. The fourth-order valence-electron chi connectivity index (χ4n) is 4.49. The molecule has 0 aromatic heterocycles. The molecular weight excluding hydrogens is 344 g/mol. The molecule has 2 aliphatic heterocycles. The quantitative estimate of drug-likeness (QED) is 0.735. The summed E-state index contributed by atoms with van der Waals surface area (Å²) in [6, 6.07) is 0.367. The number of hydrazine groups is 1. The highest BCUT2D eigenvalue weighted by Crippen LogP contribution is 2.30. The minimum Gasteiger partial charge on any atom is -0.339 e. The van der Waals surface area contributed by atoms with E-state index in [0.29, 0.717) is 57.5 Å². The molecule has 3 amide bonds. The van der Waals surface area contributed by atoms with Gasteiger partial charge in [0, 0.05) is 51.6 Å². The Morgan fingerprint density at radius 3 is 2.37 bits per heavy atom. The van der Waals surface area contributed by atoms with Crippen molar-refractivity contribution in [2.24, 2.45) is 5.92 Å². The lowest BCUT2D eigenvalue weighted by Crippen LogP contribution is -2.56. The number of carbonyl (C=O) groups excluding carboxylic acids is 3. The lowest BCUT2D eigenvalue weighted by Gasteiger charge is -2.39. The molecule has 7 nitrogen and oxygen atoms in total. The van der Waals surface area contributed by atoms with Gasteiger partial charge < -0.3 is 9.80 Å². The van der Waals surface area contributed by atoms with E-state index >= 15 is 0 Å². The van der Waals surface area contributed by atoms with E-state index < -0.39 is 0 Å². The maximum absolute atomic E-state index is 12.5. The molecule has 1 atom stereocenters. The maximum Gasteiger partial charge on any atom is 0.246 e. The summed E-state index contributed by atoms with van der Waals surface area (Å²) in [5.41, 5.74) is 3.41. The molecule has 3 aliphatic rings. The molecule has 3 rings (SSSR count). The van der Waals surface area contributed by atoms with Crippen molar-refractivity contribution in [2.45, 2.75) is 57.4 Å². The molecule has 2 saturated heterocycles. The van der Waals surface area contributed by atoms with E-state index in [4.69, 9.17) is 0 Å². The van der Waals surface area contributed by atoms with Crippen LogP contribution in [-0.2, 0) is 14.4 Å². The van der Waals surface area contributed by atoms with Crippen molar-refractivity contribution in [2.75, 3.05) is 32.7 Å². The fraction of sp³-hybridized carbons (Fsp3) is 0.750. The zero-order valence-corrected chi connectivity index (χ0v) is 16.2. The average Bonchev–Trinajstić information content (AvgIpc) is 2.73. The molecule has 1 N–H and O–H groups in total. The Morgan fingerprint density at radius 1 is 1.04 bits per heavy atom. The Morgan fingerprint density at radius 2 is 1.70 bits per heavy atom. The van der Waals surface area contributed by atoms with Gasteiger partial charge in [-0.25, -0.2) is 5.43 Å². The zero-order valence-electron chi connectivity index (χ0n) is 16.2. The summed E-state index contributed by atoms with van der Waals surface area (Å²) in [6.45, 7) is 6.10. The smallest absolute Gasteiger partial charge is 0.246 e. The van der Waals surface area contributed by atoms with E-state index in [1.165, 1.54) is 38.2 Å². The molecule has 0 aromatic carbocycles. The lowest BCUT2D eigenvalue weighted by atomic mass is 9.82. The molecule has 3 fully saturated rings. The molecule has 0 spiro atoms. The van der Waals surface area contributed by atoms with E-state index in [9.17, 15) is 14.4 Å². The Labute approximate surface area is 161 Å². The molecule has 1 saturated carbocycles. The number of carbonyl (C=O) groups is 3. The van der Waals surface area contributed by atoms with Crippen LogP contribution in [-0.4, -0.2) is 71.3 Å². The minimum absolute atomic E-state index is 0.0510. The van der Waals surface area contributed by atoms with E-state index in [1.807, 2.05) is 0 Å². The Hall–Kier alpha value is -1.89. The van der Waals surface area contributed by atoms with Crippen molar-refractivity contribution in [3.8, 4) is 0 Å². The Bertz CT molecular complexity index is 566. The first-order chi connectivity index (χ1) is 13.1. The van der Waals surface area contributed by atoms with Gasteiger partial charge in [0.25, 0.3) is 0 Å². The molecule has 150 valence electrons. The third-order valence-corrected chi connectivity index (χ3v) is 6.18. The second-order valence-electron chi connectivity index (χ2n) is 7.88. The number of piperazine rings is 1. The van der Waals surface area contributed by atoms with E-state index in [1.54, 1.807) is 14.8 Å². The average molecular weight is 377 g/mol. The number of rotatable bonds is 5. The van der Waals surface area contributed by atoms with Gasteiger partial charge in [0.1, 0.15) is 0 Å². The molecule has 7 heteroatoms. The van der Waals surface area contributed by atoms with Crippen molar-refractivity contribution < 1.29 is 14.4 Å². The number of hydrogen-bond acceptors (Lipinski definition) is 4. The summed E-state index contributed by atoms with van der Waals surface area (Å²) in [7, 11) is 0. The summed E-state index contributed by atoms with van der Waals surface area (Å²) >= 11 is 0. The van der Waals surface area contributed by atoms with Crippen molar-refractivity contribution in [3.63, 3.8) is 0 Å². The fourth-order valence-corrected chi connectivity index (χ4v) is 4.49. The van der Waals surface area contributed by atoms with Gasteiger partial charge in [-0.05, 0) is 31.3 Å². The summed E-state index contributed by atoms with van der Waals surface area (Å²) in [5, 5.41) is 1.68. The number of amides is 3. The van der Waals surface area contributed by atoms with Crippen LogP contribution in [0.15, 0.2) is 12.7 Å². The molecular formula is C20H32N4O3. The standard InChI is InChI=1S/C20H32N4O3/c1-2-18(25)22-12-14-23(15-13-22)19(26)10-11-24-20(27)9-8-17(21-24)16-6-4-3-5-7-16/h2,16-17,21H,1,3-15H2. The molecule has 0 bridgehead atoms. The van der Waals surface area contributed by atoms with Gasteiger partial charge >= 0.3 is 0 Å². The first-order valence-electron chi connectivity index (χ1n) is 10.3. The molecule has 27 heavy (non-hydrogen) atoms. The second kappa shape index (κ2) is 9.35. The summed E-state index contributed by atoms with van der Waals surface area (Å²) in [5.74, 6) is 0.714. The van der Waals surface area contributed by atoms with Crippen LogP contribution in [0, 0.1) is 5.92 Å². The van der Waals surface area contributed by atoms with Gasteiger partial charge in [0.15, 0.2) is 0 Å². The first kappa shape index (κ1) is 19.9. The van der Waals surface area contributed by atoms with Gasteiger partial charge in [0.05, 0.1) is 0 Å². The lowest BCUT2D eigenvalue weighted by molar-refractivity contribution is -0.142. The Balaban J connectivity index is 1.44. The van der Waals surface area contributed by atoms with Crippen LogP contribution in [0.1, 0.15) is 51.4 Å². The van der Waals surface area contributed by atoms with Crippen LogP contribution >= 0.6 is 0 Å². The van der Waals surface area contributed by atoms with Crippen LogP contribution in [0.2, 0.25) is 0 Å². The zero-order chi connectivity index (χ0) is 19.2. The Kier molecular flexibility index (Phi) is 6.88. The largest absolute Gasteiger partial charge is 0.339 e. The highest BCUT2D eigenvalue weighted by Gasteiger charge is 2.32. The van der Waals surface area contributed by atoms with Gasteiger partial charge in [-0.1, -0.05) is 25.8 Å². The monoisotopic (exact) mass is 376 g/mol. The summed E-state index contributed by atoms with van der Waals surface area (Å²) < 4.78 is 0. The van der Waals surface area contributed by atoms with E-state index in [2.05, 4.69) is 12.0 Å². The van der Waals surface area contributed by atoms with Crippen LogP contribution in [0.3, 0.4) is 0 Å². The van der Waals surface area contributed by atoms with Crippen molar-refractivity contribution >= 4 is 17.7 Å². The van der Waals surface area contributed by atoms with Gasteiger partial charge in [-0.15, -0.1) is 0 Å². The number of hydrogen-bond donors (Lipinski definition) is 1. The second-order valence-corrected chi connectivity index (χ2v) is 7.88. The van der Waals surface area contributed by atoms with Crippen LogP contribution in [0.25, 0.3) is 0 Å². The third kappa shape index (κ3) is 5.09. The highest BCUT2D eigenvalue weighted by atomic mass is 16.2. The van der Waals surface area contributed by atoms with Gasteiger partial charge in [-0.3, -0.25) is 19.4 Å². The number of nitrogens with one attached hydrogen (secondary N) is 1. The SMILES string of the molecule is C=CC(=O)N1CCN(C(=O)CCN2NC(C3CCCCC3)CCC2=O)CC1. The first-order valence-corrected chi connectivity index (χ1v) is 10.3. The minimum atomic E-state index is -0.0843. The van der Waals surface area contributed by atoms with Crippen molar-refractivity contribution in [1.82, 2.24) is 20.2 Å². The number of nitrogens with zero attached hydrogens (tertiary/aromatic N) is 3.